The van der Waals surface area contributed by atoms with Gasteiger partial charge in [-0.1, -0.05) is 6.42 Å². The van der Waals surface area contributed by atoms with Crippen LogP contribution in [0.2, 0.25) is 0 Å². The van der Waals surface area contributed by atoms with E-state index >= 15 is 0 Å². The lowest BCUT2D eigenvalue weighted by molar-refractivity contribution is 0.0906. The quantitative estimate of drug-likeness (QED) is 0.681. The lowest BCUT2D eigenvalue weighted by atomic mass is 10.0. The first-order valence-corrected chi connectivity index (χ1v) is 5.33. The molecule has 1 heterocycles. The summed E-state index contributed by atoms with van der Waals surface area (Å²) in [5.41, 5.74) is 0. The highest BCUT2D eigenvalue weighted by Crippen LogP contribution is 2.16. The van der Waals surface area contributed by atoms with Gasteiger partial charge in [0.2, 0.25) is 0 Å². The Balaban J connectivity index is 2.26. The minimum atomic E-state index is 0.308. The van der Waals surface area contributed by atoms with Gasteiger partial charge in [-0.05, 0) is 32.4 Å². The second kappa shape index (κ2) is 5.79. The van der Waals surface area contributed by atoms with Crippen LogP contribution >= 0.6 is 11.6 Å². The molecular formula is C9H18ClNO. The molecule has 0 saturated carbocycles. The van der Waals surface area contributed by atoms with Crippen molar-refractivity contribution in [3.05, 3.63) is 0 Å². The van der Waals surface area contributed by atoms with Crippen molar-refractivity contribution in [1.29, 1.82) is 0 Å². The molecule has 0 amide bonds. The van der Waals surface area contributed by atoms with E-state index in [1.54, 1.807) is 0 Å². The molecular weight excluding hydrogens is 174 g/mol. The monoisotopic (exact) mass is 191 g/mol. The highest BCUT2D eigenvalue weighted by Gasteiger charge is 2.20. The molecule has 1 saturated heterocycles. The Morgan fingerprint density at radius 2 is 2.25 bits per heavy atom. The Kier molecular flexibility index (Phi) is 4.96. The first-order chi connectivity index (χ1) is 5.88. The Labute approximate surface area is 79.5 Å². The smallest absolute Gasteiger partial charge is 0.0586 e. The number of hydrogen-bond acceptors (Lipinski definition) is 2. The van der Waals surface area contributed by atoms with Crippen LogP contribution in [-0.4, -0.2) is 41.6 Å². The Bertz CT molecular complexity index is 121. The van der Waals surface area contributed by atoms with Crippen molar-refractivity contribution in [3.8, 4) is 0 Å². The van der Waals surface area contributed by atoms with Gasteiger partial charge in [0.1, 0.15) is 0 Å². The number of piperidine rings is 1. The van der Waals surface area contributed by atoms with Gasteiger partial charge in [0.25, 0.3) is 0 Å². The van der Waals surface area contributed by atoms with Crippen LogP contribution in [0.1, 0.15) is 25.7 Å². The molecule has 2 nitrogen and oxygen atoms in total. The molecule has 1 N–H and O–H groups in total. The first-order valence-electron chi connectivity index (χ1n) is 4.79. The van der Waals surface area contributed by atoms with Gasteiger partial charge < -0.3 is 5.11 Å². The zero-order chi connectivity index (χ0) is 8.81. The fraction of sp³-hybridized carbons (Fsp3) is 1.00. The molecule has 1 fully saturated rings. The molecule has 1 atom stereocenters. The third kappa shape index (κ3) is 2.92. The maximum Gasteiger partial charge on any atom is 0.0586 e. The van der Waals surface area contributed by atoms with E-state index in [0.29, 0.717) is 12.6 Å². The van der Waals surface area contributed by atoms with Crippen LogP contribution < -0.4 is 0 Å². The predicted molar refractivity (Wildman–Crippen MR) is 51.6 cm³/mol. The average molecular weight is 192 g/mol. The molecule has 12 heavy (non-hydrogen) atoms. The molecule has 1 aliphatic rings. The molecule has 0 aromatic heterocycles. The molecule has 1 rings (SSSR count). The summed E-state index contributed by atoms with van der Waals surface area (Å²) in [6, 6.07) is 0.405. The fourth-order valence-electron chi connectivity index (χ4n) is 1.82. The van der Waals surface area contributed by atoms with Crippen molar-refractivity contribution in [2.75, 3.05) is 25.6 Å². The zero-order valence-electron chi connectivity index (χ0n) is 7.51. The number of aliphatic hydroxyl groups is 1. The highest BCUT2D eigenvalue weighted by molar-refractivity contribution is 6.17. The van der Waals surface area contributed by atoms with E-state index in [9.17, 15) is 0 Å². The second-order valence-electron chi connectivity index (χ2n) is 3.41. The number of nitrogens with zero attached hydrogens (tertiary/aromatic N) is 1. The van der Waals surface area contributed by atoms with E-state index < -0.39 is 0 Å². The summed E-state index contributed by atoms with van der Waals surface area (Å²) in [7, 11) is 0. The van der Waals surface area contributed by atoms with Gasteiger partial charge in [0, 0.05) is 11.9 Å². The van der Waals surface area contributed by atoms with Gasteiger partial charge in [-0.2, -0.15) is 0 Å². The predicted octanol–water partition coefficient (Wildman–Crippen LogP) is 1.46. The summed E-state index contributed by atoms with van der Waals surface area (Å²) in [5, 5.41) is 9.09. The summed E-state index contributed by atoms with van der Waals surface area (Å²) in [6.45, 7) is 2.50. The maximum atomic E-state index is 9.09. The van der Waals surface area contributed by atoms with E-state index in [1.165, 1.54) is 12.8 Å². The van der Waals surface area contributed by atoms with E-state index in [2.05, 4.69) is 4.90 Å². The van der Waals surface area contributed by atoms with Crippen molar-refractivity contribution in [3.63, 3.8) is 0 Å². The molecule has 0 radical (unpaired) electrons. The molecule has 0 aliphatic carbocycles. The fourth-order valence-corrected chi connectivity index (χ4v) is 1.94. The topological polar surface area (TPSA) is 23.5 Å². The largest absolute Gasteiger partial charge is 0.395 e. The lowest BCUT2D eigenvalue weighted by Crippen LogP contribution is -2.42. The van der Waals surface area contributed by atoms with Crippen LogP contribution in [0.3, 0.4) is 0 Å². The zero-order valence-corrected chi connectivity index (χ0v) is 8.26. The van der Waals surface area contributed by atoms with Crippen LogP contribution in [0.4, 0.5) is 0 Å². The van der Waals surface area contributed by atoms with Gasteiger partial charge in [0.05, 0.1) is 6.61 Å². The molecule has 0 unspecified atom stereocenters. The number of hydrogen-bond donors (Lipinski definition) is 1. The van der Waals surface area contributed by atoms with Crippen LogP contribution in [0.25, 0.3) is 0 Å². The van der Waals surface area contributed by atoms with E-state index in [1.807, 2.05) is 0 Å². The number of alkyl halides is 1. The normalized spacial score (nSPS) is 26.0. The maximum absolute atomic E-state index is 9.09. The third-order valence-electron chi connectivity index (χ3n) is 2.54. The van der Waals surface area contributed by atoms with Crippen LogP contribution in [0.5, 0.6) is 0 Å². The van der Waals surface area contributed by atoms with Crippen molar-refractivity contribution in [2.24, 2.45) is 0 Å². The third-order valence-corrected chi connectivity index (χ3v) is 2.81. The number of rotatable bonds is 4. The van der Waals surface area contributed by atoms with Gasteiger partial charge in [0.15, 0.2) is 0 Å². The van der Waals surface area contributed by atoms with E-state index in [-0.39, 0.29) is 0 Å². The number of likely N-dealkylation sites (tertiary alicyclic amines) is 1. The Morgan fingerprint density at radius 1 is 1.42 bits per heavy atom. The first kappa shape index (κ1) is 10.3. The summed E-state index contributed by atoms with van der Waals surface area (Å²) in [4.78, 5) is 2.37. The lowest BCUT2D eigenvalue weighted by Gasteiger charge is -2.34. The molecule has 1 aliphatic heterocycles. The summed E-state index contributed by atoms with van der Waals surface area (Å²) >= 11 is 5.62. The van der Waals surface area contributed by atoms with Crippen LogP contribution in [0, 0.1) is 0 Å². The second-order valence-corrected chi connectivity index (χ2v) is 3.79. The highest BCUT2D eigenvalue weighted by atomic mass is 35.5. The van der Waals surface area contributed by atoms with Gasteiger partial charge in [-0.3, -0.25) is 4.90 Å². The average Bonchev–Trinajstić information content (AvgIpc) is 2.15. The van der Waals surface area contributed by atoms with Crippen LogP contribution in [0.15, 0.2) is 0 Å². The molecule has 0 bridgehead atoms. The number of aliphatic hydroxyl groups excluding tert-OH is 1. The van der Waals surface area contributed by atoms with Crippen molar-refractivity contribution in [1.82, 2.24) is 4.90 Å². The molecule has 0 aromatic rings. The van der Waals surface area contributed by atoms with Crippen molar-refractivity contribution < 1.29 is 5.11 Å². The van der Waals surface area contributed by atoms with E-state index in [4.69, 9.17) is 16.7 Å². The summed E-state index contributed by atoms with van der Waals surface area (Å²) in [6.07, 6.45) is 4.73. The minimum absolute atomic E-state index is 0.308. The molecule has 0 aromatic carbocycles. The van der Waals surface area contributed by atoms with Gasteiger partial charge in [-0.25, -0.2) is 0 Å². The molecule has 72 valence electrons. The minimum Gasteiger partial charge on any atom is -0.395 e. The number of halogens is 1. The standard InChI is InChI=1S/C9H18ClNO/c10-5-3-7-11-6-2-1-4-9(11)8-12/h9,12H,1-8H2/t9-/m1/s1. The SMILES string of the molecule is OC[C@H]1CCCCN1CCCCl. The summed E-state index contributed by atoms with van der Waals surface area (Å²) < 4.78 is 0. The Morgan fingerprint density at radius 3 is 2.92 bits per heavy atom. The van der Waals surface area contributed by atoms with Gasteiger partial charge in [-0.15, -0.1) is 11.6 Å². The summed E-state index contributed by atoms with van der Waals surface area (Å²) in [5.74, 6) is 0.731. The van der Waals surface area contributed by atoms with Crippen molar-refractivity contribution >= 4 is 11.6 Å². The molecule has 3 heteroatoms. The van der Waals surface area contributed by atoms with E-state index in [0.717, 1.165) is 31.8 Å². The van der Waals surface area contributed by atoms with Gasteiger partial charge >= 0.3 is 0 Å². The Hall–Kier alpha value is 0.210. The van der Waals surface area contributed by atoms with Crippen LogP contribution in [-0.2, 0) is 0 Å². The van der Waals surface area contributed by atoms with Crippen molar-refractivity contribution in [2.45, 2.75) is 31.7 Å². The molecule has 0 spiro atoms.